The van der Waals surface area contributed by atoms with E-state index in [-0.39, 0.29) is 29.6 Å². The molecule has 1 aromatic carbocycles. The van der Waals surface area contributed by atoms with Crippen molar-refractivity contribution >= 4 is 16.6 Å². The maximum absolute atomic E-state index is 8.21. The zero-order valence-electron chi connectivity index (χ0n) is 20.2. The number of aromatic nitrogens is 1. The standard InChI is InChI=1S/C15H21N3O/c1-11(5-3-7-16)18-14-10-13(19-2)9-12-6-4-8-17-15(12)14/h4,6,8-11,18H,3,5,7,16H2,1-2H3/i1D3,2D3,4D,6D,8D,9D. The lowest BCUT2D eigenvalue weighted by Crippen LogP contribution is -2.17. The van der Waals surface area contributed by atoms with Gasteiger partial charge in [-0.2, -0.15) is 0 Å². The molecule has 102 valence electrons. The van der Waals surface area contributed by atoms with Gasteiger partial charge in [-0.05, 0) is 38.3 Å². The van der Waals surface area contributed by atoms with Gasteiger partial charge in [0.1, 0.15) is 5.75 Å². The van der Waals surface area contributed by atoms with Crippen LogP contribution in [0.4, 0.5) is 5.69 Å². The summed E-state index contributed by atoms with van der Waals surface area (Å²) in [5.74, 6) is -0.421. The summed E-state index contributed by atoms with van der Waals surface area (Å²) in [4.78, 5) is 3.92. The molecule has 0 spiro atoms. The molecule has 1 atom stereocenters. The van der Waals surface area contributed by atoms with Crippen molar-refractivity contribution in [1.82, 2.24) is 4.98 Å². The van der Waals surface area contributed by atoms with E-state index in [1.54, 1.807) is 0 Å². The molecule has 1 aromatic heterocycles. The summed E-state index contributed by atoms with van der Waals surface area (Å²) in [6, 6.07) is -1.49. The van der Waals surface area contributed by atoms with Gasteiger partial charge in [-0.15, -0.1) is 0 Å². The number of nitrogens with one attached hydrogen (secondary N) is 1. The normalized spacial score (nSPS) is 21.3. The number of benzene rings is 1. The van der Waals surface area contributed by atoms with E-state index in [2.05, 4.69) is 10.3 Å². The topological polar surface area (TPSA) is 60.2 Å². The SMILES string of the molecule is [2H]c1nc2c(NC(CCCN)C([2H])([2H])[2H])cc(OC([2H])([2H])[2H])c([2H])c2c([2H])c1[2H]. The second-order valence-electron chi connectivity index (χ2n) is 3.97. The number of anilines is 1. The molecule has 0 bridgehead atoms. The van der Waals surface area contributed by atoms with E-state index >= 15 is 0 Å². The van der Waals surface area contributed by atoms with Crippen LogP contribution in [0.5, 0.6) is 5.75 Å². The quantitative estimate of drug-likeness (QED) is 0.846. The van der Waals surface area contributed by atoms with Gasteiger partial charge in [0.25, 0.3) is 0 Å². The van der Waals surface area contributed by atoms with Gasteiger partial charge in [0, 0.05) is 27.8 Å². The van der Waals surface area contributed by atoms with E-state index in [9.17, 15) is 0 Å². The molecule has 0 radical (unpaired) electrons. The molecule has 1 heterocycles. The summed E-state index contributed by atoms with van der Waals surface area (Å²) in [6.45, 7) is -2.17. The Kier molecular flexibility index (Phi) is 1.91. The number of methoxy groups -OCH3 is 1. The summed E-state index contributed by atoms with van der Waals surface area (Å²) in [5.41, 5.74) is 5.39. The molecule has 0 saturated heterocycles. The minimum Gasteiger partial charge on any atom is -0.497 e. The van der Waals surface area contributed by atoms with Crippen molar-refractivity contribution in [3.8, 4) is 5.75 Å². The highest BCUT2D eigenvalue weighted by Crippen LogP contribution is 2.28. The predicted molar refractivity (Wildman–Crippen MR) is 79.7 cm³/mol. The zero-order chi connectivity index (χ0) is 22.1. The maximum Gasteiger partial charge on any atom is 0.121 e. The highest BCUT2D eigenvalue weighted by Gasteiger charge is 2.08. The summed E-state index contributed by atoms with van der Waals surface area (Å²) in [7, 11) is -2.89. The van der Waals surface area contributed by atoms with Gasteiger partial charge in [-0.1, -0.05) is 6.04 Å². The first-order valence-electron chi connectivity index (χ1n) is 10.8. The average Bonchev–Trinajstić information content (AvgIpc) is 2.57. The van der Waals surface area contributed by atoms with Gasteiger partial charge in [0.15, 0.2) is 0 Å². The van der Waals surface area contributed by atoms with Crippen LogP contribution in [0.15, 0.2) is 30.4 Å². The van der Waals surface area contributed by atoms with Gasteiger partial charge in [0.2, 0.25) is 0 Å². The van der Waals surface area contributed by atoms with Crippen LogP contribution >= 0.6 is 0 Å². The van der Waals surface area contributed by atoms with Crippen LogP contribution in [0.1, 0.15) is 33.4 Å². The van der Waals surface area contributed by atoms with Gasteiger partial charge in [-0.3, -0.25) is 4.98 Å². The highest BCUT2D eigenvalue weighted by atomic mass is 16.5. The minimum atomic E-state index is -2.89. The van der Waals surface area contributed by atoms with Crippen LogP contribution in [0, 0.1) is 0 Å². The van der Waals surface area contributed by atoms with E-state index in [4.69, 9.17) is 24.2 Å². The Balaban J connectivity index is 2.73. The van der Waals surface area contributed by atoms with E-state index < -0.39 is 50.0 Å². The Hall–Kier alpha value is -1.81. The molecule has 4 nitrogen and oxygen atoms in total. The molecule has 2 rings (SSSR count). The first kappa shape index (κ1) is 5.67. The summed E-state index contributed by atoms with van der Waals surface area (Å²) in [5, 5.41) is 2.56. The van der Waals surface area contributed by atoms with E-state index in [0.29, 0.717) is 6.42 Å². The molecule has 0 amide bonds. The number of pyridine rings is 1. The van der Waals surface area contributed by atoms with Crippen LogP contribution in [-0.4, -0.2) is 24.6 Å². The molecule has 2 aromatic rings. The summed E-state index contributed by atoms with van der Waals surface area (Å²) >= 11 is 0. The number of rotatable bonds is 6. The highest BCUT2D eigenvalue weighted by molar-refractivity contribution is 5.91. The fraction of sp³-hybridized carbons (Fsp3) is 0.400. The predicted octanol–water partition coefficient (Wildman–Crippen LogP) is 2.78. The van der Waals surface area contributed by atoms with Crippen molar-refractivity contribution in [2.24, 2.45) is 5.73 Å². The summed E-state index contributed by atoms with van der Waals surface area (Å²) in [6.07, 6.45) is 0.0487. The smallest absolute Gasteiger partial charge is 0.121 e. The molecule has 4 heteroatoms. The number of nitrogens with two attached hydrogens (primary N) is 1. The van der Waals surface area contributed by atoms with Gasteiger partial charge in [0.05, 0.1) is 27.8 Å². The molecule has 0 aliphatic rings. The van der Waals surface area contributed by atoms with Crippen LogP contribution in [-0.2, 0) is 0 Å². The van der Waals surface area contributed by atoms with Crippen molar-refractivity contribution in [1.29, 1.82) is 0 Å². The number of hydrogen-bond acceptors (Lipinski definition) is 4. The monoisotopic (exact) mass is 269 g/mol. The number of fused-ring (bicyclic) bond motifs is 1. The number of nitrogens with zero attached hydrogens (tertiary/aromatic N) is 1. The second kappa shape index (κ2) is 6.38. The lowest BCUT2D eigenvalue weighted by atomic mass is 10.1. The largest absolute Gasteiger partial charge is 0.497 e. The van der Waals surface area contributed by atoms with Gasteiger partial charge in [-0.25, -0.2) is 0 Å². The fourth-order valence-corrected chi connectivity index (χ4v) is 1.68. The van der Waals surface area contributed by atoms with Crippen molar-refractivity contribution < 1.29 is 18.4 Å². The Morgan fingerprint density at radius 1 is 1.63 bits per heavy atom. The first-order chi connectivity index (χ1) is 13.3. The molecule has 19 heavy (non-hydrogen) atoms. The Morgan fingerprint density at radius 2 is 2.58 bits per heavy atom. The number of hydrogen-bond donors (Lipinski definition) is 2. The van der Waals surface area contributed by atoms with Crippen molar-refractivity contribution in [3.63, 3.8) is 0 Å². The third-order valence-electron chi connectivity index (χ3n) is 2.56. The van der Waals surface area contributed by atoms with Crippen LogP contribution in [0.2, 0.25) is 0 Å². The van der Waals surface area contributed by atoms with Crippen molar-refractivity contribution in [3.05, 3.63) is 30.4 Å². The van der Waals surface area contributed by atoms with Crippen molar-refractivity contribution in [2.75, 3.05) is 18.9 Å². The van der Waals surface area contributed by atoms with Gasteiger partial charge < -0.3 is 15.8 Å². The third-order valence-corrected chi connectivity index (χ3v) is 2.56. The Labute approximate surface area is 128 Å². The van der Waals surface area contributed by atoms with E-state index in [1.807, 2.05) is 0 Å². The minimum absolute atomic E-state index is 0.00426. The van der Waals surface area contributed by atoms with Crippen LogP contribution in [0.3, 0.4) is 0 Å². The molecular weight excluding hydrogens is 238 g/mol. The zero-order valence-corrected chi connectivity index (χ0v) is 10.2. The van der Waals surface area contributed by atoms with Gasteiger partial charge >= 0.3 is 0 Å². The first-order valence-corrected chi connectivity index (χ1v) is 5.83. The lowest BCUT2D eigenvalue weighted by molar-refractivity contribution is 0.415. The van der Waals surface area contributed by atoms with E-state index in [0.717, 1.165) is 6.07 Å². The number of ether oxygens (including phenoxy) is 1. The van der Waals surface area contributed by atoms with E-state index in [1.165, 1.54) is 0 Å². The van der Waals surface area contributed by atoms with Crippen LogP contribution in [0.25, 0.3) is 10.9 Å². The third kappa shape index (κ3) is 3.35. The summed E-state index contributed by atoms with van der Waals surface area (Å²) < 4.78 is 81.7. The second-order valence-corrected chi connectivity index (χ2v) is 3.97. The molecule has 0 saturated carbocycles. The Bertz CT molecular complexity index is 897. The molecule has 3 N–H and O–H groups in total. The molecule has 0 aliphatic heterocycles. The average molecular weight is 269 g/mol. The molecule has 0 fully saturated rings. The molecular formula is C15H21N3O. The lowest BCUT2D eigenvalue weighted by Gasteiger charge is -2.17. The van der Waals surface area contributed by atoms with Crippen molar-refractivity contribution in [2.45, 2.75) is 25.7 Å². The molecule has 1 unspecified atom stereocenters. The molecule has 0 aliphatic carbocycles. The Morgan fingerprint density at radius 3 is 3.37 bits per heavy atom. The fourth-order valence-electron chi connectivity index (χ4n) is 1.68. The maximum atomic E-state index is 8.21. The van der Waals surface area contributed by atoms with Crippen LogP contribution < -0.4 is 15.8 Å².